The van der Waals surface area contributed by atoms with Gasteiger partial charge in [-0.05, 0) is 60.7 Å². The number of allylic oxidation sites excluding steroid dienone is 2. The number of ketones is 1. The highest BCUT2D eigenvalue weighted by atomic mass is 16.1. The molecule has 0 bridgehead atoms. The van der Waals surface area contributed by atoms with Crippen LogP contribution in [0.25, 0.3) is 11.1 Å². The minimum atomic E-state index is 0.0589. The van der Waals surface area contributed by atoms with Gasteiger partial charge >= 0.3 is 0 Å². The maximum Gasteiger partial charge on any atom is 0.154 e. The zero-order valence-electron chi connectivity index (χ0n) is 11.7. The summed E-state index contributed by atoms with van der Waals surface area (Å²) in [4.78, 5) is 11.1. The van der Waals surface area contributed by atoms with Crippen LogP contribution in [0, 0.1) is 0 Å². The molecule has 1 aliphatic carbocycles. The smallest absolute Gasteiger partial charge is 0.154 e. The Labute approximate surface area is 119 Å². The molecule has 2 aromatic carbocycles. The lowest BCUT2D eigenvalue weighted by Gasteiger charge is -2.08. The number of carbonyl (C=O) groups is 1. The van der Waals surface area contributed by atoms with Crippen LogP contribution >= 0.6 is 0 Å². The number of rotatable bonds is 3. The van der Waals surface area contributed by atoms with Crippen LogP contribution < -0.4 is 5.32 Å². The van der Waals surface area contributed by atoms with Gasteiger partial charge in [-0.1, -0.05) is 30.3 Å². The van der Waals surface area contributed by atoms with Gasteiger partial charge in [-0.15, -0.1) is 0 Å². The van der Waals surface area contributed by atoms with Gasteiger partial charge in [-0.3, -0.25) is 4.79 Å². The topological polar surface area (TPSA) is 29.1 Å². The number of anilines is 1. The molecule has 0 amide bonds. The van der Waals surface area contributed by atoms with Crippen molar-refractivity contribution in [2.45, 2.75) is 20.3 Å². The molecular weight excluding hydrogens is 246 g/mol. The van der Waals surface area contributed by atoms with Crippen molar-refractivity contribution < 1.29 is 4.79 Å². The van der Waals surface area contributed by atoms with E-state index in [4.69, 9.17) is 0 Å². The van der Waals surface area contributed by atoms with Gasteiger partial charge in [0.15, 0.2) is 5.78 Å². The van der Waals surface area contributed by atoms with Crippen LogP contribution in [-0.2, 0) is 11.2 Å². The summed E-state index contributed by atoms with van der Waals surface area (Å²) in [7, 11) is 0. The number of nitrogens with one attached hydrogen (secondary N) is 1. The summed E-state index contributed by atoms with van der Waals surface area (Å²) >= 11 is 0. The molecule has 1 aliphatic rings. The molecule has 2 heteroatoms. The number of fused-ring (bicyclic) bond motifs is 3. The van der Waals surface area contributed by atoms with Gasteiger partial charge < -0.3 is 5.32 Å². The van der Waals surface area contributed by atoms with Gasteiger partial charge in [0.25, 0.3) is 0 Å². The average molecular weight is 263 g/mol. The van der Waals surface area contributed by atoms with Crippen LogP contribution in [-0.4, -0.2) is 5.78 Å². The van der Waals surface area contributed by atoms with E-state index in [0.717, 1.165) is 17.8 Å². The lowest BCUT2D eigenvalue weighted by atomic mass is 10.1. The predicted octanol–water partition coefficient (Wildman–Crippen LogP) is 4.16. The number of hydrogen-bond donors (Lipinski definition) is 1. The fraction of sp³-hybridized carbons (Fsp3) is 0.167. The van der Waals surface area contributed by atoms with Crippen molar-refractivity contribution >= 4 is 11.5 Å². The van der Waals surface area contributed by atoms with Gasteiger partial charge in [0.1, 0.15) is 0 Å². The second-order valence-corrected chi connectivity index (χ2v) is 5.27. The Morgan fingerprint density at radius 1 is 1.05 bits per heavy atom. The van der Waals surface area contributed by atoms with Crippen LogP contribution in [0.1, 0.15) is 25.0 Å². The molecule has 0 saturated heterocycles. The van der Waals surface area contributed by atoms with Gasteiger partial charge in [-0.2, -0.15) is 0 Å². The summed E-state index contributed by atoms with van der Waals surface area (Å²) in [6.07, 6.45) is 2.60. The largest absolute Gasteiger partial charge is 0.359 e. The third kappa shape index (κ3) is 2.37. The summed E-state index contributed by atoms with van der Waals surface area (Å²) < 4.78 is 0. The quantitative estimate of drug-likeness (QED) is 0.719. The predicted molar refractivity (Wildman–Crippen MR) is 82.7 cm³/mol. The van der Waals surface area contributed by atoms with Crippen LogP contribution in [0.4, 0.5) is 5.69 Å². The molecule has 0 aromatic heterocycles. The zero-order chi connectivity index (χ0) is 14.1. The number of benzene rings is 2. The van der Waals surface area contributed by atoms with Crippen molar-refractivity contribution in [1.82, 2.24) is 0 Å². The molecule has 1 N–H and O–H groups in total. The fourth-order valence-corrected chi connectivity index (χ4v) is 2.79. The van der Waals surface area contributed by atoms with Crippen LogP contribution in [0.5, 0.6) is 0 Å². The van der Waals surface area contributed by atoms with E-state index in [2.05, 4.69) is 47.8 Å². The first-order valence-corrected chi connectivity index (χ1v) is 6.80. The van der Waals surface area contributed by atoms with Crippen molar-refractivity contribution in [2.24, 2.45) is 0 Å². The molecule has 20 heavy (non-hydrogen) atoms. The van der Waals surface area contributed by atoms with Gasteiger partial charge in [0.2, 0.25) is 0 Å². The van der Waals surface area contributed by atoms with E-state index < -0.39 is 0 Å². The molecule has 0 radical (unpaired) electrons. The molecule has 0 spiro atoms. The van der Waals surface area contributed by atoms with E-state index in [9.17, 15) is 4.79 Å². The minimum Gasteiger partial charge on any atom is -0.359 e. The first kappa shape index (κ1) is 12.7. The van der Waals surface area contributed by atoms with E-state index in [-0.39, 0.29) is 5.78 Å². The molecular formula is C18H17NO. The highest BCUT2D eigenvalue weighted by Gasteiger charge is 2.17. The fourth-order valence-electron chi connectivity index (χ4n) is 2.79. The summed E-state index contributed by atoms with van der Waals surface area (Å²) in [6.45, 7) is 3.47. The van der Waals surface area contributed by atoms with E-state index in [1.54, 1.807) is 13.0 Å². The van der Waals surface area contributed by atoms with E-state index in [1.165, 1.54) is 22.3 Å². The van der Waals surface area contributed by atoms with E-state index >= 15 is 0 Å². The van der Waals surface area contributed by atoms with Crippen molar-refractivity contribution in [2.75, 3.05) is 5.32 Å². The Morgan fingerprint density at radius 3 is 2.60 bits per heavy atom. The standard InChI is InChI=1S/C18H17NO/c1-12(9-13(2)20)19-16-7-8-18-15(11-16)10-14-5-3-4-6-17(14)18/h3-9,11,19H,10H2,1-2H3. The Bertz CT molecular complexity index is 713. The molecule has 0 unspecified atom stereocenters. The second kappa shape index (κ2) is 4.97. The van der Waals surface area contributed by atoms with Crippen molar-refractivity contribution in [3.63, 3.8) is 0 Å². The Morgan fingerprint density at radius 2 is 1.80 bits per heavy atom. The molecule has 2 aromatic rings. The molecule has 2 nitrogen and oxygen atoms in total. The Hall–Kier alpha value is -2.35. The van der Waals surface area contributed by atoms with Crippen molar-refractivity contribution in [3.8, 4) is 11.1 Å². The van der Waals surface area contributed by atoms with Crippen LogP contribution in [0.3, 0.4) is 0 Å². The monoisotopic (exact) mass is 263 g/mol. The van der Waals surface area contributed by atoms with Crippen molar-refractivity contribution in [3.05, 3.63) is 65.4 Å². The van der Waals surface area contributed by atoms with Crippen LogP contribution in [0.2, 0.25) is 0 Å². The van der Waals surface area contributed by atoms with Crippen LogP contribution in [0.15, 0.2) is 54.2 Å². The third-order valence-electron chi connectivity index (χ3n) is 3.55. The maximum absolute atomic E-state index is 11.1. The SMILES string of the molecule is CC(=O)C=C(C)Nc1ccc2c(c1)Cc1ccccc1-2. The zero-order valence-corrected chi connectivity index (χ0v) is 11.7. The lowest BCUT2D eigenvalue weighted by Crippen LogP contribution is -1.98. The van der Waals surface area contributed by atoms with Gasteiger partial charge in [0.05, 0.1) is 0 Å². The van der Waals surface area contributed by atoms with E-state index in [0.29, 0.717) is 0 Å². The minimum absolute atomic E-state index is 0.0589. The molecule has 0 saturated carbocycles. The molecule has 3 rings (SSSR count). The Balaban J connectivity index is 1.89. The number of hydrogen-bond acceptors (Lipinski definition) is 2. The summed E-state index contributed by atoms with van der Waals surface area (Å²) in [5.74, 6) is 0.0589. The normalized spacial score (nSPS) is 12.8. The highest BCUT2D eigenvalue weighted by Crippen LogP contribution is 2.37. The van der Waals surface area contributed by atoms with Gasteiger partial charge in [0, 0.05) is 11.4 Å². The van der Waals surface area contributed by atoms with Crippen molar-refractivity contribution in [1.29, 1.82) is 0 Å². The van der Waals surface area contributed by atoms with E-state index in [1.807, 2.05) is 6.92 Å². The maximum atomic E-state index is 11.1. The first-order valence-electron chi connectivity index (χ1n) is 6.80. The molecule has 100 valence electrons. The molecule has 0 aliphatic heterocycles. The lowest BCUT2D eigenvalue weighted by molar-refractivity contribution is -0.112. The average Bonchev–Trinajstić information content (AvgIpc) is 2.75. The van der Waals surface area contributed by atoms with Gasteiger partial charge in [-0.25, -0.2) is 0 Å². The summed E-state index contributed by atoms with van der Waals surface area (Å²) in [5.41, 5.74) is 7.28. The number of carbonyl (C=O) groups excluding carboxylic acids is 1. The third-order valence-corrected chi connectivity index (χ3v) is 3.55. The first-order chi connectivity index (χ1) is 9.63. The molecule has 0 heterocycles. The highest BCUT2D eigenvalue weighted by molar-refractivity contribution is 5.88. The molecule has 0 fully saturated rings. The summed E-state index contributed by atoms with van der Waals surface area (Å²) in [6, 6.07) is 14.9. The summed E-state index contributed by atoms with van der Waals surface area (Å²) in [5, 5.41) is 3.27. The molecule has 0 atom stereocenters. The second-order valence-electron chi connectivity index (χ2n) is 5.27. The Kier molecular flexibility index (Phi) is 3.15.